The number of hydrogen-bond acceptors (Lipinski definition) is 3. The number of amides is 1. The van der Waals surface area contributed by atoms with Gasteiger partial charge in [0.05, 0.1) is 11.5 Å². The van der Waals surface area contributed by atoms with Crippen LogP contribution in [-0.4, -0.2) is 10.9 Å². The standard InChI is InChI=1S/C20H26N2OS/c1-13-12-24-17(21-13)14(2)22-18(23)20(10-11-20)16-8-6-15(7-9-16)19(3,4)5/h6-9,12,14H,10-11H2,1-5H3,(H,22,23). The van der Waals surface area contributed by atoms with E-state index in [0.29, 0.717) is 0 Å². The molecule has 1 amide bonds. The van der Waals surface area contributed by atoms with Crippen LogP contribution in [0.4, 0.5) is 0 Å². The van der Waals surface area contributed by atoms with Gasteiger partial charge in [-0.2, -0.15) is 0 Å². The molecule has 1 aliphatic rings. The van der Waals surface area contributed by atoms with E-state index < -0.39 is 0 Å². The van der Waals surface area contributed by atoms with Crippen LogP contribution in [-0.2, 0) is 15.6 Å². The fourth-order valence-electron chi connectivity index (χ4n) is 3.03. The summed E-state index contributed by atoms with van der Waals surface area (Å²) in [5.41, 5.74) is 3.24. The molecule has 1 heterocycles. The minimum atomic E-state index is -0.336. The maximum Gasteiger partial charge on any atom is 0.231 e. The van der Waals surface area contributed by atoms with Crippen molar-refractivity contribution in [2.45, 2.75) is 64.3 Å². The number of carbonyl (C=O) groups is 1. The maximum atomic E-state index is 12.9. The number of nitrogens with one attached hydrogen (secondary N) is 1. The fourth-order valence-corrected chi connectivity index (χ4v) is 3.83. The quantitative estimate of drug-likeness (QED) is 0.878. The summed E-state index contributed by atoms with van der Waals surface area (Å²) < 4.78 is 0. The van der Waals surface area contributed by atoms with Crippen molar-refractivity contribution in [2.24, 2.45) is 0 Å². The maximum absolute atomic E-state index is 12.9. The van der Waals surface area contributed by atoms with Crippen LogP contribution in [0.3, 0.4) is 0 Å². The van der Waals surface area contributed by atoms with E-state index in [4.69, 9.17) is 0 Å². The molecule has 3 rings (SSSR count). The number of benzene rings is 1. The number of thiazole rings is 1. The van der Waals surface area contributed by atoms with Crippen molar-refractivity contribution in [3.8, 4) is 0 Å². The molecule has 1 atom stereocenters. The molecule has 1 fully saturated rings. The lowest BCUT2D eigenvalue weighted by atomic mass is 9.85. The molecule has 4 heteroatoms. The highest BCUT2D eigenvalue weighted by Gasteiger charge is 2.51. The van der Waals surface area contributed by atoms with E-state index in [2.05, 4.69) is 55.3 Å². The highest BCUT2D eigenvalue weighted by molar-refractivity contribution is 7.09. The van der Waals surface area contributed by atoms with E-state index in [0.717, 1.165) is 29.1 Å². The summed E-state index contributed by atoms with van der Waals surface area (Å²) in [6.07, 6.45) is 1.86. The van der Waals surface area contributed by atoms with Gasteiger partial charge >= 0.3 is 0 Å². The topological polar surface area (TPSA) is 42.0 Å². The SMILES string of the molecule is Cc1csc(C(C)NC(=O)C2(c3ccc(C(C)(C)C)cc3)CC2)n1. The van der Waals surface area contributed by atoms with Crippen molar-refractivity contribution in [1.82, 2.24) is 10.3 Å². The highest BCUT2D eigenvalue weighted by atomic mass is 32.1. The molecule has 1 N–H and O–H groups in total. The fraction of sp³-hybridized carbons (Fsp3) is 0.500. The lowest BCUT2D eigenvalue weighted by molar-refractivity contribution is -0.124. The van der Waals surface area contributed by atoms with Gasteiger partial charge in [-0.1, -0.05) is 45.0 Å². The van der Waals surface area contributed by atoms with Gasteiger partial charge in [0.1, 0.15) is 5.01 Å². The number of rotatable bonds is 4. The number of nitrogens with zero attached hydrogens (tertiary/aromatic N) is 1. The molecule has 0 radical (unpaired) electrons. The van der Waals surface area contributed by atoms with Gasteiger partial charge in [0.25, 0.3) is 0 Å². The third kappa shape index (κ3) is 3.25. The second kappa shape index (κ2) is 5.99. The number of aryl methyl sites for hydroxylation is 1. The Kier molecular flexibility index (Phi) is 4.28. The molecule has 1 aromatic carbocycles. The summed E-state index contributed by atoms with van der Waals surface area (Å²) in [4.78, 5) is 17.3. The predicted octanol–water partition coefficient (Wildman–Crippen LogP) is 4.66. The van der Waals surface area contributed by atoms with E-state index >= 15 is 0 Å². The number of carbonyl (C=O) groups excluding carboxylic acids is 1. The zero-order valence-corrected chi connectivity index (χ0v) is 16.0. The third-order valence-electron chi connectivity index (χ3n) is 4.84. The van der Waals surface area contributed by atoms with Crippen molar-refractivity contribution in [1.29, 1.82) is 0 Å². The lowest BCUT2D eigenvalue weighted by Crippen LogP contribution is -2.36. The smallest absolute Gasteiger partial charge is 0.231 e. The van der Waals surface area contributed by atoms with E-state index in [1.807, 2.05) is 19.2 Å². The first-order chi connectivity index (χ1) is 11.2. The van der Waals surface area contributed by atoms with Gasteiger partial charge in [0.2, 0.25) is 5.91 Å². The summed E-state index contributed by atoms with van der Waals surface area (Å²) in [7, 11) is 0. The van der Waals surface area contributed by atoms with E-state index in [9.17, 15) is 4.79 Å². The molecule has 3 nitrogen and oxygen atoms in total. The Morgan fingerprint density at radius 3 is 2.33 bits per heavy atom. The zero-order chi connectivity index (χ0) is 17.5. The molecule has 0 bridgehead atoms. The Bertz CT molecular complexity index is 736. The summed E-state index contributed by atoms with van der Waals surface area (Å²) in [6.45, 7) is 10.6. The van der Waals surface area contributed by atoms with Gasteiger partial charge in [0, 0.05) is 11.1 Å². The van der Waals surface area contributed by atoms with Gasteiger partial charge in [-0.25, -0.2) is 4.98 Å². The highest BCUT2D eigenvalue weighted by Crippen LogP contribution is 2.49. The van der Waals surface area contributed by atoms with Crippen molar-refractivity contribution in [3.05, 3.63) is 51.5 Å². The number of hydrogen-bond donors (Lipinski definition) is 1. The Morgan fingerprint density at radius 2 is 1.88 bits per heavy atom. The van der Waals surface area contributed by atoms with Gasteiger partial charge in [-0.05, 0) is 43.2 Å². The second-order valence-corrected chi connectivity index (χ2v) is 8.82. The van der Waals surface area contributed by atoms with Crippen LogP contribution in [0.5, 0.6) is 0 Å². The lowest BCUT2D eigenvalue weighted by Gasteiger charge is -2.22. The first kappa shape index (κ1) is 17.2. The van der Waals surface area contributed by atoms with E-state index in [1.54, 1.807) is 11.3 Å². The van der Waals surface area contributed by atoms with Crippen molar-refractivity contribution >= 4 is 17.2 Å². The molecule has 0 saturated heterocycles. The molecule has 2 aromatic rings. The van der Waals surface area contributed by atoms with Crippen LogP contribution in [0, 0.1) is 6.92 Å². The van der Waals surface area contributed by atoms with E-state index in [1.165, 1.54) is 5.56 Å². The van der Waals surface area contributed by atoms with Crippen LogP contribution in [0.2, 0.25) is 0 Å². The summed E-state index contributed by atoms with van der Waals surface area (Å²) in [5.74, 6) is 0.131. The van der Waals surface area contributed by atoms with Crippen LogP contribution in [0.1, 0.15) is 68.4 Å². The first-order valence-corrected chi connectivity index (χ1v) is 9.44. The molecule has 1 saturated carbocycles. The molecule has 0 spiro atoms. The number of aromatic nitrogens is 1. The van der Waals surface area contributed by atoms with Gasteiger partial charge in [-0.15, -0.1) is 11.3 Å². The van der Waals surface area contributed by atoms with Gasteiger partial charge in [-0.3, -0.25) is 4.79 Å². The predicted molar refractivity (Wildman–Crippen MR) is 99.5 cm³/mol. The molecule has 128 valence electrons. The van der Waals surface area contributed by atoms with Crippen LogP contribution >= 0.6 is 11.3 Å². The minimum absolute atomic E-state index is 0.0393. The molecule has 0 aliphatic heterocycles. The Balaban J connectivity index is 1.74. The Labute approximate surface area is 148 Å². The zero-order valence-electron chi connectivity index (χ0n) is 15.1. The first-order valence-electron chi connectivity index (χ1n) is 8.56. The second-order valence-electron chi connectivity index (χ2n) is 7.93. The molecule has 1 unspecified atom stereocenters. The van der Waals surface area contributed by atoms with Gasteiger partial charge in [0.15, 0.2) is 0 Å². The largest absolute Gasteiger partial charge is 0.346 e. The summed E-state index contributed by atoms with van der Waals surface area (Å²) in [5, 5.41) is 6.16. The average Bonchev–Trinajstić information content (AvgIpc) is 3.22. The van der Waals surface area contributed by atoms with Crippen molar-refractivity contribution in [2.75, 3.05) is 0 Å². The minimum Gasteiger partial charge on any atom is -0.346 e. The van der Waals surface area contributed by atoms with Crippen molar-refractivity contribution in [3.63, 3.8) is 0 Å². The van der Waals surface area contributed by atoms with Crippen LogP contribution in [0.25, 0.3) is 0 Å². The summed E-state index contributed by atoms with van der Waals surface area (Å²) >= 11 is 1.61. The average molecular weight is 343 g/mol. The van der Waals surface area contributed by atoms with Crippen LogP contribution in [0.15, 0.2) is 29.6 Å². The van der Waals surface area contributed by atoms with Gasteiger partial charge < -0.3 is 5.32 Å². The molecule has 24 heavy (non-hydrogen) atoms. The van der Waals surface area contributed by atoms with Crippen molar-refractivity contribution < 1.29 is 4.79 Å². The summed E-state index contributed by atoms with van der Waals surface area (Å²) in [6, 6.07) is 8.55. The molecular formula is C20H26N2OS. The Morgan fingerprint density at radius 1 is 1.25 bits per heavy atom. The van der Waals surface area contributed by atoms with Crippen LogP contribution < -0.4 is 5.32 Å². The third-order valence-corrected chi connectivity index (χ3v) is 5.99. The molecular weight excluding hydrogens is 316 g/mol. The normalized spacial score (nSPS) is 17.4. The molecule has 1 aliphatic carbocycles. The van der Waals surface area contributed by atoms with E-state index in [-0.39, 0.29) is 22.8 Å². The molecule has 1 aromatic heterocycles. The monoisotopic (exact) mass is 342 g/mol. The Hall–Kier alpha value is -1.68.